The van der Waals surface area contributed by atoms with Crippen LogP contribution in [0.4, 0.5) is 0 Å². The minimum atomic E-state index is -3.30. The molecule has 0 bridgehead atoms. The summed E-state index contributed by atoms with van der Waals surface area (Å²) in [5.41, 5.74) is 0. The minimum absolute atomic E-state index is 0.0578. The summed E-state index contributed by atoms with van der Waals surface area (Å²) in [4.78, 5) is 104. The normalized spacial score (nSPS) is 28.9. The number of thioether (sulfide) groups is 1. The number of aliphatic imine (C=N–C) groups is 1. The van der Waals surface area contributed by atoms with Gasteiger partial charge in [0, 0.05) is 48.5 Å². The molecule has 10 atom stereocenters. The van der Waals surface area contributed by atoms with Crippen molar-refractivity contribution in [2.45, 2.75) is 124 Å². The van der Waals surface area contributed by atoms with Gasteiger partial charge in [0.15, 0.2) is 48.2 Å². The second kappa shape index (κ2) is 22.7. The number of hydrogen-bond donors (Lipinski definition) is 1. The lowest BCUT2D eigenvalue weighted by molar-refractivity contribution is -0.344. The Bertz CT molecular complexity index is 1660. The van der Waals surface area contributed by atoms with Crippen molar-refractivity contribution in [1.82, 2.24) is 10.2 Å². The van der Waals surface area contributed by atoms with Crippen LogP contribution >= 0.6 is 18.4 Å². The highest BCUT2D eigenvalue weighted by atomic mass is 32.5. The molecule has 3 fully saturated rings. The van der Waals surface area contributed by atoms with E-state index in [0.29, 0.717) is 0 Å². The maximum Gasteiger partial charge on any atom is 0.303 e. The van der Waals surface area contributed by atoms with Crippen LogP contribution in [0.15, 0.2) is 4.99 Å². The fraction of sp³-hybridized carbons (Fsp3) is 0.727. The predicted octanol–water partition coefficient (Wildman–Crippen LogP) is 0.340. The summed E-state index contributed by atoms with van der Waals surface area (Å²) in [6.45, 7) is 6.37. The lowest BCUT2D eigenvalue weighted by Gasteiger charge is -2.48. The molecule has 0 spiro atoms. The van der Waals surface area contributed by atoms with Crippen LogP contribution in [-0.4, -0.2) is 151 Å². The Labute approximate surface area is 348 Å². The number of amides is 1. The first kappa shape index (κ1) is 49.6. The highest BCUT2D eigenvalue weighted by molar-refractivity contribution is 8.15. The number of ether oxygens (including phenoxy) is 10. The van der Waals surface area contributed by atoms with Crippen LogP contribution in [0.2, 0.25) is 0 Å². The molecule has 3 rings (SSSR count). The molecule has 3 aliphatic rings. The van der Waals surface area contributed by atoms with Crippen LogP contribution in [0.3, 0.4) is 0 Å². The third kappa shape index (κ3) is 14.7. The van der Waals surface area contributed by atoms with Crippen molar-refractivity contribution in [3.8, 4) is 0 Å². The van der Waals surface area contributed by atoms with Gasteiger partial charge in [-0.3, -0.25) is 38.4 Å². The summed E-state index contributed by atoms with van der Waals surface area (Å²) < 4.78 is 68.1. The molecular weight excluding hydrogens is 853 g/mol. The van der Waals surface area contributed by atoms with Crippen LogP contribution in [0, 0.1) is 0 Å². The number of carbonyl (C=O) groups excluding carboxylic acids is 8. The van der Waals surface area contributed by atoms with Gasteiger partial charge in [0.25, 0.3) is 12.5 Å². The van der Waals surface area contributed by atoms with E-state index in [1.165, 1.54) is 0 Å². The molecule has 26 heteroatoms. The van der Waals surface area contributed by atoms with Gasteiger partial charge in [-0.2, -0.15) is 0 Å². The maximum atomic E-state index is 13.1. The highest BCUT2D eigenvalue weighted by Crippen LogP contribution is 2.45. The van der Waals surface area contributed by atoms with Crippen molar-refractivity contribution in [1.29, 1.82) is 0 Å². The van der Waals surface area contributed by atoms with Crippen LogP contribution < -0.4 is 5.20 Å². The highest BCUT2D eigenvalue weighted by Gasteiger charge is 2.57. The Morgan fingerprint density at radius 1 is 0.678 bits per heavy atom. The van der Waals surface area contributed by atoms with Gasteiger partial charge in [-0.25, -0.2) is 10.0 Å². The molecule has 59 heavy (non-hydrogen) atoms. The van der Waals surface area contributed by atoms with E-state index in [1.54, 1.807) is 13.8 Å². The third-order valence-electron chi connectivity index (χ3n) is 7.73. The molecule has 0 aromatic rings. The molecule has 0 radical (unpaired) electrons. The van der Waals surface area contributed by atoms with Crippen molar-refractivity contribution in [2.75, 3.05) is 32.2 Å². The van der Waals surface area contributed by atoms with Gasteiger partial charge in [-0.15, -0.1) is 5.20 Å². The van der Waals surface area contributed by atoms with E-state index in [0.717, 1.165) is 65.2 Å². The molecule has 0 aromatic heterocycles. The largest absolute Gasteiger partial charge is 0.463 e. The van der Waals surface area contributed by atoms with E-state index < -0.39 is 129 Å². The number of amidine groups is 1. The molecule has 23 nitrogen and oxygen atoms in total. The molecule has 332 valence electrons. The SMILES string of the molecule is CCOP(=S)(NN1C(=O)CS/C1=N/[C@@H]1O[C@H](COC(C)=O)[C@@H](O[C@H]2O[C@H](COC(C)=O)[C@@H](OC(C)=O)[C@H](OC(C)=O)[C@H]2OC(C)=O)[C@H](OC(C)=O)[C@H]1OC(C)=O)OCC. The van der Waals surface area contributed by atoms with Gasteiger partial charge < -0.3 is 56.4 Å². The van der Waals surface area contributed by atoms with Crippen molar-refractivity contribution in [3.05, 3.63) is 0 Å². The quantitative estimate of drug-likeness (QED) is 0.110. The maximum absolute atomic E-state index is 13.1. The Kier molecular flexibility index (Phi) is 19.1. The predicted molar refractivity (Wildman–Crippen MR) is 201 cm³/mol. The van der Waals surface area contributed by atoms with Gasteiger partial charge in [0.1, 0.15) is 31.5 Å². The Balaban J connectivity index is 2.22. The number of nitrogens with one attached hydrogen (secondary N) is 1. The van der Waals surface area contributed by atoms with Gasteiger partial charge in [0.2, 0.25) is 0 Å². The van der Waals surface area contributed by atoms with E-state index in [4.69, 9.17) is 68.2 Å². The van der Waals surface area contributed by atoms with Crippen molar-refractivity contribution in [3.63, 3.8) is 0 Å². The van der Waals surface area contributed by atoms with Gasteiger partial charge in [-0.05, 0) is 25.7 Å². The second-order valence-electron chi connectivity index (χ2n) is 12.5. The summed E-state index contributed by atoms with van der Waals surface area (Å²) >= 11 is 6.48. The smallest absolute Gasteiger partial charge is 0.303 e. The molecule has 0 aliphatic carbocycles. The van der Waals surface area contributed by atoms with E-state index in [1.807, 2.05) is 0 Å². The van der Waals surface area contributed by atoms with Crippen molar-refractivity contribution >= 4 is 83.1 Å². The second-order valence-corrected chi connectivity index (χ2v) is 16.6. The Morgan fingerprint density at radius 2 is 1.12 bits per heavy atom. The fourth-order valence-corrected chi connectivity index (χ4v) is 8.92. The number of nitrogens with zero attached hydrogens (tertiary/aromatic N) is 2. The topological polar surface area (TPSA) is 275 Å². The number of hydrazine groups is 1. The molecule has 0 aromatic carbocycles. The summed E-state index contributed by atoms with van der Waals surface area (Å²) in [7, 11) is 0. The number of carbonyl (C=O) groups is 8. The lowest BCUT2D eigenvalue weighted by atomic mass is 9.95. The molecule has 3 heterocycles. The van der Waals surface area contributed by atoms with E-state index in [2.05, 4.69) is 10.2 Å². The van der Waals surface area contributed by atoms with Crippen LogP contribution in [0.1, 0.15) is 62.3 Å². The molecule has 1 N–H and O–H groups in total. The third-order valence-corrected chi connectivity index (χ3v) is 11.2. The molecule has 0 unspecified atom stereocenters. The minimum Gasteiger partial charge on any atom is -0.463 e. The zero-order valence-corrected chi connectivity index (χ0v) is 36.2. The zero-order valence-electron chi connectivity index (χ0n) is 33.6. The van der Waals surface area contributed by atoms with Crippen molar-refractivity contribution < 1.29 is 94.8 Å². The average Bonchev–Trinajstić information content (AvgIpc) is 3.44. The van der Waals surface area contributed by atoms with Crippen LogP contribution in [0.5, 0.6) is 0 Å². The van der Waals surface area contributed by atoms with Gasteiger partial charge in [0.05, 0.1) is 19.0 Å². The summed E-state index contributed by atoms with van der Waals surface area (Å²) in [6, 6.07) is 0. The summed E-state index contributed by atoms with van der Waals surface area (Å²) in [5, 5.41) is 3.72. The molecular formula is C33H48N3O20PS2. The van der Waals surface area contributed by atoms with Crippen LogP contribution in [0.25, 0.3) is 0 Å². The monoisotopic (exact) mass is 901 g/mol. The number of rotatable bonds is 18. The molecule has 3 saturated heterocycles. The van der Waals surface area contributed by atoms with E-state index >= 15 is 0 Å². The first-order valence-corrected chi connectivity index (χ1v) is 21.6. The number of hydrogen-bond acceptors (Lipinski definition) is 23. The Morgan fingerprint density at radius 3 is 1.59 bits per heavy atom. The van der Waals surface area contributed by atoms with Gasteiger partial charge >= 0.3 is 41.8 Å². The molecule has 0 saturated carbocycles. The van der Waals surface area contributed by atoms with E-state index in [-0.39, 0.29) is 24.1 Å². The summed E-state index contributed by atoms with van der Waals surface area (Å²) in [6.07, 6.45) is -16.5. The molecule has 1 amide bonds. The standard InChI is InChI=1S/C33H48N3O20PS2/c1-10-47-57(58,48-11-2)35-36-24(44)14-59-33(36)34-31-29(52-20(8)42)27(50-18(6)40)26(22(54-31)12-45-15(3)37)56-32-30(53-21(9)43)28(51-19(7)41)25(49-17(5)39)23(55-32)13-46-16(4)38/h22-23,25-32H,10-14H2,1-9H3,(H,35,58)/b34-33+/t22-,23-,25-,26-,27+,28+,29-,30-,31-,32-/m1/s1. The Hall–Kier alpha value is -3.81. The summed E-state index contributed by atoms with van der Waals surface area (Å²) in [5.74, 6) is -6.84. The van der Waals surface area contributed by atoms with E-state index in [9.17, 15) is 38.4 Å². The lowest BCUT2D eigenvalue weighted by Crippen LogP contribution is -2.67. The number of esters is 7. The van der Waals surface area contributed by atoms with Crippen molar-refractivity contribution in [2.24, 2.45) is 4.99 Å². The van der Waals surface area contributed by atoms with Gasteiger partial charge in [-0.1, -0.05) is 11.8 Å². The van der Waals surface area contributed by atoms with Crippen LogP contribution in [-0.2, 0) is 107 Å². The zero-order chi connectivity index (χ0) is 44.2. The molecule has 3 aliphatic heterocycles. The average molecular weight is 902 g/mol. The first-order chi connectivity index (χ1) is 27.7. The first-order valence-electron chi connectivity index (χ1n) is 18.0. The fourth-order valence-electron chi connectivity index (χ4n) is 5.81.